The lowest BCUT2D eigenvalue weighted by atomic mass is 10.1. The quantitative estimate of drug-likeness (QED) is 0.812. The molecule has 0 fully saturated rings. The summed E-state index contributed by atoms with van der Waals surface area (Å²) < 4.78 is 7.32. The second kappa shape index (κ2) is 7.79. The van der Waals surface area contributed by atoms with Crippen molar-refractivity contribution in [3.05, 3.63) is 42.9 Å². The third-order valence-electron chi connectivity index (χ3n) is 3.95. The summed E-state index contributed by atoms with van der Waals surface area (Å²) in [5.74, 6) is 0.848. The van der Waals surface area contributed by atoms with Crippen LogP contribution in [0.1, 0.15) is 38.6 Å². The van der Waals surface area contributed by atoms with E-state index in [2.05, 4.69) is 29.0 Å². The molecule has 0 aliphatic carbocycles. The number of likely N-dealkylation sites (N-methyl/N-ethyl adjacent to an activating group) is 1. The number of carbonyl (C=O) groups excluding carboxylic acids is 1. The van der Waals surface area contributed by atoms with Crippen molar-refractivity contribution in [2.45, 2.75) is 32.9 Å². The molecule has 0 saturated heterocycles. The molecule has 1 amide bonds. The van der Waals surface area contributed by atoms with E-state index in [1.165, 1.54) is 0 Å². The number of hydrogen-bond donors (Lipinski definition) is 1. The fourth-order valence-electron chi connectivity index (χ4n) is 2.53. The predicted octanol–water partition coefficient (Wildman–Crippen LogP) is 2.24. The topological polar surface area (TPSA) is 63.3 Å². The number of nitrogens with zero attached hydrogens (tertiary/aromatic N) is 3. The Balaban J connectivity index is 2.00. The van der Waals surface area contributed by atoms with Gasteiger partial charge in [0.1, 0.15) is 11.8 Å². The third kappa shape index (κ3) is 3.76. The fourth-order valence-corrected chi connectivity index (χ4v) is 2.53. The van der Waals surface area contributed by atoms with Crippen LogP contribution < -0.4 is 5.32 Å². The first kappa shape index (κ1) is 16.3. The van der Waals surface area contributed by atoms with E-state index >= 15 is 0 Å². The number of carbonyl (C=O) groups is 1. The SMILES string of the molecule is CCN(CC)[C@H](CNC(=O)[C@@H](C)n1ccnc1)c1ccco1. The average molecular weight is 304 g/mol. The summed E-state index contributed by atoms with van der Waals surface area (Å²) in [6, 6.07) is 3.59. The molecule has 0 radical (unpaired) electrons. The van der Waals surface area contributed by atoms with Gasteiger partial charge >= 0.3 is 0 Å². The van der Waals surface area contributed by atoms with Crippen molar-refractivity contribution in [3.8, 4) is 0 Å². The molecule has 0 bridgehead atoms. The summed E-state index contributed by atoms with van der Waals surface area (Å²) in [5, 5.41) is 3.02. The molecule has 2 aromatic heterocycles. The highest BCUT2D eigenvalue weighted by atomic mass is 16.3. The Hall–Kier alpha value is -2.08. The van der Waals surface area contributed by atoms with E-state index in [9.17, 15) is 4.79 Å². The van der Waals surface area contributed by atoms with Gasteiger partial charge in [-0.1, -0.05) is 13.8 Å². The van der Waals surface area contributed by atoms with Gasteiger partial charge in [0, 0.05) is 18.9 Å². The molecule has 0 unspecified atom stereocenters. The molecular weight excluding hydrogens is 280 g/mol. The Morgan fingerprint density at radius 1 is 1.45 bits per heavy atom. The van der Waals surface area contributed by atoms with Crippen molar-refractivity contribution in [1.29, 1.82) is 0 Å². The maximum atomic E-state index is 12.3. The van der Waals surface area contributed by atoms with Crippen LogP contribution in [-0.2, 0) is 4.79 Å². The van der Waals surface area contributed by atoms with Crippen molar-refractivity contribution in [2.24, 2.45) is 0 Å². The number of nitrogens with one attached hydrogen (secondary N) is 1. The van der Waals surface area contributed by atoms with Crippen LogP contribution in [0, 0.1) is 0 Å². The van der Waals surface area contributed by atoms with Crippen LogP contribution in [0.25, 0.3) is 0 Å². The highest BCUT2D eigenvalue weighted by molar-refractivity contribution is 5.79. The molecule has 2 rings (SSSR count). The Kier molecular flexibility index (Phi) is 5.77. The van der Waals surface area contributed by atoms with Crippen LogP contribution in [0.5, 0.6) is 0 Å². The molecule has 1 N–H and O–H groups in total. The van der Waals surface area contributed by atoms with Gasteiger partial charge in [-0.05, 0) is 32.1 Å². The molecule has 120 valence electrons. The molecule has 0 saturated carbocycles. The Morgan fingerprint density at radius 2 is 2.23 bits per heavy atom. The molecule has 0 aromatic carbocycles. The zero-order chi connectivity index (χ0) is 15.9. The summed E-state index contributed by atoms with van der Waals surface area (Å²) in [5.41, 5.74) is 0. The number of aromatic nitrogens is 2. The highest BCUT2D eigenvalue weighted by Gasteiger charge is 2.22. The van der Waals surface area contributed by atoms with E-state index < -0.39 is 0 Å². The number of furan rings is 1. The number of amides is 1. The van der Waals surface area contributed by atoms with E-state index in [0.717, 1.165) is 18.8 Å². The van der Waals surface area contributed by atoms with Crippen molar-refractivity contribution in [2.75, 3.05) is 19.6 Å². The van der Waals surface area contributed by atoms with Crippen molar-refractivity contribution >= 4 is 5.91 Å². The number of rotatable bonds is 8. The first-order valence-electron chi connectivity index (χ1n) is 7.69. The fraction of sp³-hybridized carbons (Fsp3) is 0.500. The third-order valence-corrected chi connectivity index (χ3v) is 3.95. The van der Waals surface area contributed by atoms with E-state index in [-0.39, 0.29) is 18.0 Å². The van der Waals surface area contributed by atoms with Gasteiger partial charge in [0.25, 0.3) is 0 Å². The normalized spacial score (nSPS) is 14.0. The van der Waals surface area contributed by atoms with Gasteiger partial charge in [0.15, 0.2) is 0 Å². The lowest BCUT2D eigenvalue weighted by molar-refractivity contribution is -0.124. The van der Waals surface area contributed by atoms with Crippen molar-refractivity contribution < 1.29 is 9.21 Å². The van der Waals surface area contributed by atoms with Gasteiger partial charge in [0.2, 0.25) is 5.91 Å². The molecule has 2 heterocycles. The Morgan fingerprint density at radius 3 is 2.77 bits per heavy atom. The number of imidazole rings is 1. The van der Waals surface area contributed by atoms with Crippen LogP contribution in [-0.4, -0.2) is 40.0 Å². The van der Waals surface area contributed by atoms with Crippen molar-refractivity contribution in [3.63, 3.8) is 0 Å². The monoisotopic (exact) mass is 304 g/mol. The summed E-state index contributed by atoms with van der Waals surface area (Å²) in [6.07, 6.45) is 6.78. The first-order chi connectivity index (χ1) is 10.7. The second-order valence-corrected chi connectivity index (χ2v) is 5.18. The van der Waals surface area contributed by atoms with Crippen LogP contribution in [0.4, 0.5) is 0 Å². The van der Waals surface area contributed by atoms with Crippen molar-refractivity contribution in [1.82, 2.24) is 19.8 Å². The average Bonchev–Trinajstić information content (AvgIpc) is 3.23. The Labute approximate surface area is 131 Å². The molecule has 6 heteroatoms. The van der Waals surface area contributed by atoms with Crippen LogP contribution in [0.15, 0.2) is 41.5 Å². The van der Waals surface area contributed by atoms with E-state index in [1.54, 1.807) is 29.6 Å². The van der Waals surface area contributed by atoms with E-state index in [1.807, 2.05) is 19.1 Å². The molecule has 6 nitrogen and oxygen atoms in total. The second-order valence-electron chi connectivity index (χ2n) is 5.18. The zero-order valence-electron chi connectivity index (χ0n) is 13.4. The smallest absolute Gasteiger partial charge is 0.242 e. The van der Waals surface area contributed by atoms with E-state index in [0.29, 0.717) is 6.54 Å². The predicted molar refractivity (Wildman–Crippen MR) is 84.3 cm³/mol. The lowest BCUT2D eigenvalue weighted by Crippen LogP contribution is -2.40. The van der Waals surface area contributed by atoms with Gasteiger partial charge in [-0.15, -0.1) is 0 Å². The minimum atomic E-state index is -0.281. The molecule has 2 aromatic rings. The van der Waals surface area contributed by atoms with Crippen LogP contribution >= 0.6 is 0 Å². The molecular formula is C16H24N4O2. The lowest BCUT2D eigenvalue weighted by Gasteiger charge is -2.28. The Bertz CT molecular complexity index is 547. The summed E-state index contributed by atoms with van der Waals surface area (Å²) in [4.78, 5) is 18.5. The summed E-state index contributed by atoms with van der Waals surface area (Å²) >= 11 is 0. The minimum absolute atomic E-state index is 0.0262. The summed E-state index contributed by atoms with van der Waals surface area (Å²) in [6.45, 7) is 8.39. The van der Waals surface area contributed by atoms with Gasteiger partial charge < -0.3 is 14.3 Å². The van der Waals surface area contributed by atoms with Gasteiger partial charge in [-0.3, -0.25) is 9.69 Å². The number of hydrogen-bond acceptors (Lipinski definition) is 4. The van der Waals surface area contributed by atoms with Gasteiger partial charge in [0.05, 0.1) is 18.6 Å². The first-order valence-corrected chi connectivity index (χ1v) is 7.69. The molecule has 22 heavy (non-hydrogen) atoms. The standard InChI is InChI=1S/C16H24N4O2/c1-4-19(5-2)14(15-7-6-10-22-15)11-18-16(21)13(3)20-9-8-17-12-20/h6-10,12-14H,4-5,11H2,1-3H3,(H,18,21)/t13-,14-/m1/s1. The van der Waals surface area contributed by atoms with Gasteiger partial charge in [-0.25, -0.2) is 4.98 Å². The molecule has 2 atom stereocenters. The largest absolute Gasteiger partial charge is 0.468 e. The maximum Gasteiger partial charge on any atom is 0.242 e. The molecule has 0 aliphatic heterocycles. The molecule has 0 aliphatic rings. The minimum Gasteiger partial charge on any atom is -0.468 e. The van der Waals surface area contributed by atoms with Gasteiger partial charge in [-0.2, -0.15) is 0 Å². The zero-order valence-corrected chi connectivity index (χ0v) is 13.4. The van der Waals surface area contributed by atoms with E-state index in [4.69, 9.17) is 4.42 Å². The van der Waals surface area contributed by atoms with Crippen LogP contribution in [0.2, 0.25) is 0 Å². The van der Waals surface area contributed by atoms with Crippen LogP contribution in [0.3, 0.4) is 0 Å². The molecule has 0 spiro atoms. The highest BCUT2D eigenvalue weighted by Crippen LogP contribution is 2.20. The maximum absolute atomic E-state index is 12.3. The summed E-state index contributed by atoms with van der Waals surface area (Å²) in [7, 11) is 0.